The van der Waals surface area contributed by atoms with Gasteiger partial charge in [0.25, 0.3) is 0 Å². The molecule has 0 bridgehead atoms. The zero-order chi connectivity index (χ0) is 10.3. The van der Waals surface area contributed by atoms with Crippen LogP contribution in [0.1, 0.15) is 42.7 Å². The van der Waals surface area contributed by atoms with Crippen LogP contribution in [0.15, 0.2) is 24.3 Å². The topological polar surface area (TPSA) is 20.2 Å². The van der Waals surface area contributed by atoms with Crippen LogP contribution in [0.5, 0.6) is 0 Å². The SMILES string of the molecule is OC(CC1CCC1)C1Cc2ccccc21. The van der Waals surface area contributed by atoms with E-state index >= 15 is 0 Å². The lowest BCUT2D eigenvalue weighted by Gasteiger charge is -2.37. The zero-order valence-corrected chi connectivity index (χ0v) is 9.02. The average molecular weight is 202 g/mol. The molecule has 1 aromatic rings. The van der Waals surface area contributed by atoms with Crippen molar-refractivity contribution >= 4 is 0 Å². The molecule has 1 aromatic carbocycles. The van der Waals surface area contributed by atoms with Gasteiger partial charge < -0.3 is 5.11 Å². The first-order valence-electron chi connectivity index (χ1n) is 6.10. The summed E-state index contributed by atoms with van der Waals surface area (Å²) in [5.41, 5.74) is 2.83. The lowest BCUT2D eigenvalue weighted by atomic mass is 9.70. The zero-order valence-electron chi connectivity index (χ0n) is 9.02. The maximum Gasteiger partial charge on any atom is 0.0614 e. The van der Waals surface area contributed by atoms with Crippen LogP contribution in [0, 0.1) is 5.92 Å². The fourth-order valence-corrected chi connectivity index (χ4v) is 2.88. The van der Waals surface area contributed by atoms with E-state index in [0.717, 1.165) is 18.8 Å². The molecular formula is C14H18O. The van der Waals surface area contributed by atoms with Gasteiger partial charge in [0.05, 0.1) is 6.10 Å². The van der Waals surface area contributed by atoms with Gasteiger partial charge in [-0.15, -0.1) is 0 Å². The summed E-state index contributed by atoms with van der Waals surface area (Å²) < 4.78 is 0. The van der Waals surface area contributed by atoms with Crippen molar-refractivity contribution in [2.24, 2.45) is 5.92 Å². The van der Waals surface area contributed by atoms with Crippen LogP contribution in [0.25, 0.3) is 0 Å². The van der Waals surface area contributed by atoms with E-state index in [1.54, 1.807) is 0 Å². The summed E-state index contributed by atoms with van der Waals surface area (Å²) in [6.07, 6.45) is 6.07. The van der Waals surface area contributed by atoms with Crippen LogP contribution in [-0.4, -0.2) is 11.2 Å². The quantitative estimate of drug-likeness (QED) is 0.799. The minimum absolute atomic E-state index is 0.0924. The molecule has 2 aliphatic carbocycles. The molecule has 0 saturated heterocycles. The summed E-state index contributed by atoms with van der Waals surface area (Å²) in [6, 6.07) is 8.53. The maximum absolute atomic E-state index is 10.2. The van der Waals surface area contributed by atoms with Crippen molar-refractivity contribution < 1.29 is 5.11 Å². The molecule has 0 aliphatic heterocycles. The Balaban J connectivity index is 1.65. The predicted molar refractivity (Wildman–Crippen MR) is 60.9 cm³/mol. The summed E-state index contributed by atoms with van der Waals surface area (Å²) >= 11 is 0. The number of fused-ring (bicyclic) bond motifs is 1. The lowest BCUT2D eigenvalue weighted by molar-refractivity contribution is 0.0858. The van der Waals surface area contributed by atoms with E-state index in [2.05, 4.69) is 24.3 Å². The Kier molecular flexibility index (Phi) is 2.28. The van der Waals surface area contributed by atoms with E-state index < -0.39 is 0 Å². The fourth-order valence-electron chi connectivity index (χ4n) is 2.88. The van der Waals surface area contributed by atoms with Crippen LogP contribution in [-0.2, 0) is 6.42 Å². The predicted octanol–water partition coefficient (Wildman–Crippen LogP) is 2.88. The highest BCUT2D eigenvalue weighted by atomic mass is 16.3. The van der Waals surface area contributed by atoms with E-state index in [9.17, 15) is 5.11 Å². The first kappa shape index (κ1) is 9.41. The molecule has 0 heterocycles. The van der Waals surface area contributed by atoms with E-state index in [4.69, 9.17) is 0 Å². The van der Waals surface area contributed by atoms with Gasteiger partial charge in [0, 0.05) is 5.92 Å². The molecule has 0 amide bonds. The standard InChI is InChI=1S/C14H18O/c15-14(8-10-4-3-5-10)13-9-11-6-1-2-7-12(11)13/h1-2,6-7,10,13-15H,3-5,8-9H2. The van der Waals surface area contributed by atoms with Crippen LogP contribution < -0.4 is 0 Å². The second-order valence-electron chi connectivity index (χ2n) is 5.11. The maximum atomic E-state index is 10.2. The highest BCUT2D eigenvalue weighted by Crippen LogP contribution is 2.41. The monoisotopic (exact) mass is 202 g/mol. The number of hydrogen-bond acceptors (Lipinski definition) is 1. The number of rotatable bonds is 3. The molecule has 80 valence electrons. The van der Waals surface area contributed by atoms with Crippen molar-refractivity contribution in [2.45, 2.75) is 44.1 Å². The van der Waals surface area contributed by atoms with Gasteiger partial charge in [-0.1, -0.05) is 43.5 Å². The Bertz CT molecular complexity index is 354. The molecule has 0 aromatic heterocycles. The van der Waals surface area contributed by atoms with Crippen molar-refractivity contribution in [2.75, 3.05) is 0 Å². The Morgan fingerprint density at radius 3 is 2.73 bits per heavy atom. The summed E-state index contributed by atoms with van der Waals surface area (Å²) in [5.74, 6) is 1.24. The number of aliphatic hydroxyl groups excluding tert-OH is 1. The molecule has 2 aliphatic rings. The van der Waals surface area contributed by atoms with E-state index in [1.165, 1.54) is 30.4 Å². The van der Waals surface area contributed by atoms with Crippen molar-refractivity contribution in [1.29, 1.82) is 0 Å². The molecule has 3 rings (SSSR count). The van der Waals surface area contributed by atoms with E-state index in [-0.39, 0.29) is 6.10 Å². The summed E-state index contributed by atoms with van der Waals surface area (Å²) in [5, 5.41) is 10.2. The van der Waals surface area contributed by atoms with Gasteiger partial charge >= 0.3 is 0 Å². The number of hydrogen-bond donors (Lipinski definition) is 1. The van der Waals surface area contributed by atoms with Gasteiger partial charge in [-0.05, 0) is 29.9 Å². The van der Waals surface area contributed by atoms with Crippen molar-refractivity contribution in [3.05, 3.63) is 35.4 Å². The largest absolute Gasteiger partial charge is 0.392 e. The lowest BCUT2D eigenvalue weighted by Crippen LogP contribution is -2.31. The Hall–Kier alpha value is -0.820. The van der Waals surface area contributed by atoms with E-state index in [0.29, 0.717) is 5.92 Å². The third-order valence-electron chi connectivity index (χ3n) is 4.16. The first-order valence-corrected chi connectivity index (χ1v) is 6.10. The second-order valence-corrected chi connectivity index (χ2v) is 5.11. The van der Waals surface area contributed by atoms with Crippen molar-refractivity contribution in [1.82, 2.24) is 0 Å². The average Bonchev–Trinajstić information content (AvgIpc) is 2.14. The Morgan fingerprint density at radius 2 is 2.07 bits per heavy atom. The highest BCUT2D eigenvalue weighted by Gasteiger charge is 2.33. The third-order valence-corrected chi connectivity index (χ3v) is 4.16. The van der Waals surface area contributed by atoms with Crippen LogP contribution >= 0.6 is 0 Å². The molecule has 1 saturated carbocycles. The highest BCUT2D eigenvalue weighted by molar-refractivity contribution is 5.40. The molecular weight excluding hydrogens is 184 g/mol. The van der Waals surface area contributed by atoms with Gasteiger partial charge in [-0.2, -0.15) is 0 Å². The van der Waals surface area contributed by atoms with Crippen molar-refractivity contribution in [3.63, 3.8) is 0 Å². The molecule has 2 atom stereocenters. The summed E-state index contributed by atoms with van der Waals surface area (Å²) in [4.78, 5) is 0. The molecule has 2 unspecified atom stereocenters. The number of aliphatic hydroxyl groups is 1. The third kappa shape index (κ3) is 1.59. The molecule has 1 N–H and O–H groups in total. The number of benzene rings is 1. The summed E-state index contributed by atoms with van der Waals surface area (Å²) in [6.45, 7) is 0. The first-order chi connectivity index (χ1) is 7.34. The normalized spacial score (nSPS) is 26.3. The molecule has 15 heavy (non-hydrogen) atoms. The Morgan fingerprint density at radius 1 is 1.27 bits per heavy atom. The molecule has 1 nitrogen and oxygen atoms in total. The fraction of sp³-hybridized carbons (Fsp3) is 0.571. The van der Waals surface area contributed by atoms with Gasteiger partial charge in [0.15, 0.2) is 0 Å². The molecule has 0 spiro atoms. The molecule has 1 fully saturated rings. The smallest absolute Gasteiger partial charge is 0.0614 e. The Labute approximate surface area is 91.1 Å². The minimum atomic E-state index is -0.0924. The van der Waals surface area contributed by atoms with Gasteiger partial charge in [-0.3, -0.25) is 0 Å². The van der Waals surface area contributed by atoms with Crippen LogP contribution in [0.2, 0.25) is 0 Å². The summed E-state index contributed by atoms with van der Waals surface area (Å²) in [7, 11) is 0. The van der Waals surface area contributed by atoms with Gasteiger partial charge in [0.2, 0.25) is 0 Å². The molecule has 0 radical (unpaired) electrons. The molecule has 1 heteroatoms. The van der Waals surface area contributed by atoms with E-state index in [1.807, 2.05) is 0 Å². The van der Waals surface area contributed by atoms with Crippen molar-refractivity contribution in [3.8, 4) is 0 Å². The minimum Gasteiger partial charge on any atom is -0.392 e. The van der Waals surface area contributed by atoms with Crippen LogP contribution in [0.3, 0.4) is 0 Å². The van der Waals surface area contributed by atoms with Crippen LogP contribution in [0.4, 0.5) is 0 Å². The van der Waals surface area contributed by atoms with Gasteiger partial charge in [0.1, 0.15) is 0 Å². The van der Waals surface area contributed by atoms with Gasteiger partial charge in [-0.25, -0.2) is 0 Å². The second kappa shape index (κ2) is 3.64.